The van der Waals surface area contributed by atoms with Crippen LogP contribution in [-0.4, -0.2) is 25.3 Å². The van der Waals surface area contributed by atoms with E-state index in [1.54, 1.807) is 7.11 Å². The van der Waals surface area contributed by atoms with Gasteiger partial charge in [-0.2, -0.15) is 0 Å². The first kappa shape index (κ1) is 19.9. The van der Waals surface area contributed by atoms with Gasteiger partial charge < -0.3 is 20.1 Å². The molecule has 28 heavy (non-hydrogen) atoms. The fourth-order valence-electron chi connectivity index (χ4n) is 2.65. The second-order valence-electron chi connectivity index (χ2n) is 5.92. The molecule has 1 heterocycles. The summed E-state index contributed by atoms with van der Waals surface area (Å²) in [7, 11) is 2.98. The molecular weight excluding hydrogens is 392 g/mol. The first-order valence-corrected chi connectivity index (χ1v) is 9.78. The van der Waals surface area contributed by atoms with Crippen molar-refractivity contribution in [3.8, 4) is 5.75 Å². The van der Waals surface area contributed by atoms with Crippen LogP contribution in [0.25, 0.3) is 0 Å². The van der Waals surface area contributed by atoms with Gasteiger partial charge in [-0.15, -0.1) is 11.3 Å². The summed E-state index contributed by atoms with van der Waals surface area (Å²) in [6.45, 7) is 0. The van der Waals surface area contributed by atoms with Gasteiger partial charge in [-0.3, -0.25) is 0 Å². The van der Waals surface area contributed by atoms with Gasteiger partial charge in [-0.1, -0.05) is 36.4 Å². The Kier molecular flexibility index (Phi) is 6.62. The number of thiophene rings is 1. The molecule has 0 bridgehead atoms. The van der Waals surface area contributed by atoms with Gasteiger partial charge in [-0.25, -0.2) is 4.79 Å². The molecule has 1 aromatic heterocycles. The Morgan fingerprint density at radius 2 is 1.82 bits per heavy atom. The van der Waals surface area contributed by atoms with Crippen LogP contribution in [0.3, 0.4) is 0 Å². The minimum absolute atomic E-state index is 0.381. The van der Waals surface area contributed by atoms with Gasteiger partial charge in [0.1, 0.15) is 10.8 Å². The van der Waals surface area contributed by atoms with E-state index in [2.05, 4.69) is 22.8 Å². The largest absolute Gasteiger partial charge is 0.497 e. The van der Waals surface area contributed by atoms with E-state index in [1.165, 1.54) is 24.0 Å². The Balaban J connectivity index is 1.77. The van der Waals surface area contributed by atoms with E-state index in [0.717, 1.165) is 22.7 Å². The van der Waals surface area contributed by atoms with Gasteiger partial charge in [0.25, 0.3) is 0 Å². The van der Waals surface area contributed by atoms with E-state index >= 15 is 0 Å². The van der Waals surface area contributed by atoms with Crippen molar-refractivity contribution in [1.29, 1.82) is 0 Å². The molecule has 0 atom stereocenters. The van der Waals surface area contributed by atoms with E-state index < -0.39 is 5.97 Å². The van der Waals surface area contributed by atoms with Gasteiger partial charge in [0.2, 0.25) is 0 Å². The number of ether oxygens (including phenoxy) is 2. The standard InChI is InChI=1S/C21H20N2O3S2/c1-25-16-10-6-9-15(12-16)22-21(27)23-19-18(20(24)26-2)13-17(28-19)11-14-7-4-3-5-8-14/h3-10,12-13H,11H2,1-2H3,(H2,22,23,27). The topological polar surface area (TPSA) is 59.6 Å². The number of methoxy groups -OCH3 is 2. The van der Waals surface area contributed by atoms with Crippen LogP contribution in [0.2, 0.25) is 0 Å². The van der Waals surface area contributed by atoms with Crippen LogP contribution in [0, 0.1) is 0 Å². The van der Waals surface area contributed by atoms with Crippen molar-refractivity contribution in [2.24, 2.45) is 0 Å². The lowest BCUT2D eigenvalue weighted by Gasteiger charge is -2.11. The lowest BCUT2D eigenvalue weighted by Crippen LogP contribution is -2.19. The summed E-state index contributed by atoms with van der Waals surface area (Å²) in [6.07, 6.45) is 0.729. The molecule has 0 aliphatic rings. The fourth-order valence-corrected chi connectivity index (χ4v) is 4.01. The summed E-state index contributed by atoms with van der Waals surface area (Å²) < 4.78 is 10.1. The van der Waals surface area contributed by atoms with Gasteiger partial charge >= 0.3 is 5.97 Å². The lowest BCUT2D eigenvalue weighted by atomic mass is 10.1. The number of nitrogens with one attached hydrogen (secondary N) is 2. The maximum atomic E-state index is 12.2. The van der Waals surface area contributed by atoms with Gasteiger partial charge in [0, 0.05) is 23.1 Å². The monoisotopic (exact) mass is 412 g/mol. The van der Waals surface area contributed by atoms with Crippen LogP contribution in [0.4, 0.5) is 10.7 Å². The van der Waals surface area contributed by atoms with Crippen molar-refractivity contribution in [2.45, 2.75) is 6.42 Å². The van der Waals surface area contributed by atoms with Crippen molar-refractivity contribution in [1.82, 2.24) is 0 Å². The van der Waals surface area contributed by atoms with Crippen LogP contribution in [0.1, 0.15) is 20.8 Å². The molecule has 0 unspecified atom stereocenters. The molecule has 2 N–H and O–H groups in total. The van der Waals surface area contributed by atoms with Gasteiger partial charge in [0.05, 0.1) is 19.8 Å². The third-order valence-electron chi connectivity index (χ3n) is 3.96. The maximum absolute atomic E-state index is 12.2. The summed E-state index contributed by atoms with van der Waals surface area (Å²) in [5, 5.41) is 7.25. The highest BCUT2D eigenvalue weighted by atomic mass is 32.1. The Hall–Kier alpha value is -2.90. The second kappa shape index (κ2) is 9.34. The fraction of sp³-hybridized carbons (Fsp3) is 0.143. The van der Waals surface area contributed by atoms with E-state index in [-0.39, 0.29) is 0 Å². The molecule has 0 aliphatic carbocycles. The first-order chi connectivity index (χ1) is 13.6. The van der Waals surface area contributed by atoms with Crippen LogP contribution in [-0.2, 0) is 11.2 Å². The summed E-state index contributed by atoms with van der Waals surface area (Å²) in [5.41, 5.74) is 2.43. The average molecular weight is 413 g/mol. The third-order valence-corrected chi connectivity index (χ3v) is 5.22. The number of rotatable bonds is 6. The number of hydrogen-bond acceptors (Lipinski definition) is 5. The molecule has 0 fully saturated rings. The van der Waals surface area contributed by atoms with Crippen molar-refractivity contribution in [3.63, 3.8) is 0 Å². The minimum Gasteiger partial charge on any atom is -0.497 e. The average Bonchev–Trinajstić information content (AvgIpc) is 3.10. The number of esters is 1. The molecule has 0 radical (unpaired) electrons. The third kappa shape index (κ3) is 5.09. The van der Waals surface area contributed by atoms with Crippen LogP contribution < -0.4 is 15.4 Å². The molecule has 144 valence electrons. The zero-order valence-electron chi connectivity index (χ0n) is 15.5. The minimum atomic E-state index is -0.401. The smallest absolute Gasteiger partial charge is 0.340 e. The normalized spacial score (nSPS) is 10.2. The number of hydrogen-bond donors (Lipinski definition) is 2. The molecule has 3 aromatic rings. The zero-order chi connectivity index (χ0) is 19.9. The predicted molar refractivity (Wildman–Crippen MR) is 118 cm³/mol. The zero-order valence-corrected chi connectivity index (χ0v) is 17.2. The van der Waals surface area contributed by atoms with Gasteiger partial charge in [0.15, 0.2) is 5.11 Å². The summed E-state index contributed by atoms with van der Waals surface area (Å²) in [4.78, 5) is 13.2. The number of carbonyl (C=O) groups is 1. The Morgan fingerprint density at radius 1 is 1.04 bits per heavy atom. The van der Waals surface area contributed by atoms with Crippen LogP contribution in [0.15, 0.2) is 60.7 Å². The highest BCUT2D eigenvalue weighted by molar-refractivity contribution is 7.80. The van der Waals surface area contributed by atoms with Crippen molar-refractivity contribution >= 4 is 45.3 Å². The maximum Gasteiger partial charge on any atom is 0.340 e. The van der Waals surface area contributed by atoms with Gasteiger partial charge in [-0.05, 0) is 36.0 Å². The quantitative estimate of drug-likeness (QED) is 0.442. The first-order valence-electron chi connectivity index (χ1n) is 8.56. The number of thiocarbonyl (C=S) groups is 1. The Morgan fingerprint density at radius 3 is 2.54 bits per heavy atom. The number of carbonyl (C=O) groups excluding carboxylic acids is 1. The SMILES string of the molecule is COC(=O)c1cc(Cc2ccccc2)sc1NC(=S)Nc1cccc(OC)c1. The second-order valence-corrected chi connectivity index (χ2v) is 7.47. The van der Waals surface area contributed by atoms with E-state index in [4.69, 9.17) is 21.7 Å². The Labute approximate surface area is 173 Å². The van der Waals surface area contributed by atoms with Crippen molar-refractivity contribution < 1.29 is 14.3 Å². The predicted octanol–water partition coefficient (Wildman–Crippen LogP) is 4.94. The molecule has 0 amide bonds. The molecule has 0 spiro atoms. The molecule has 0 aliphatic heterocycles. The van der Waals surface area contributed by atoms with E-state index in [0.29, 0.717) is 15.7 Å². The number of benzene rings is 2. The number of anilines is 2. The van der Waals surface area contributed by atoms with E-state index in [1.807, 2.05) is 48.5 Å². The van der Waals surface area contributed by atoms with Crippen LogP contribution in [0.5, 0.6) is 5.75 Å². The van der Waals surface area contributed by atoms with Crippen molar-refractivity contribution in [3.05, 3.63) is 76.7 Å². The summed E-state index contributed by atoms with van der Waals surface area (Å²) in [5.74, 6) is 0.326. The summed E-state index contributed by atoms with van der Waals surface area (Å²) >= 11 is 6.89. The lowest BCUT2D eigenvalue weighted by molar-refractivity contribution is 0.0602. The molecule has 0 saturated heterocycles. The molecule has 5 nitrogen and oxygen atoms in total. The Bertz CT molecular complexity index is 971. The molecule has 3 rings (SSSR count). The van der Waals surface area contributed by atoms with Crippen molar-refractivity contribution in [2.75, 3.05) is 24.9 Å². The molecular formula is C21H20N2O3S2. The summed E-state index contributed by atoms with van der Waals surface area (Å²) in [6, 6.07) is 19.4. The molecule has 0 saturated carbocycles. The van der Waals surface area contributed by atoms with Crippen LogP contribution >= 0.6 is 23.6 Å². The molecule has 7 heteroatoms. The molecule has 2 aromatic carbocycles. The van der Waals surface area contributed by atoms with E-state index in [9.17, 15) is 4.79 Å². The highest BCUT2D eigenvalue weighted by Gasteiger charge is 2.18. The highest BCUT2D eigenvalue weighted by Crippen LogP contribution is 2.31.